The van der Waals surface area contributed by atoms with E-state index in [2.05, 4.69) is 6.92 Å². The van der Waals surface area contributed by atoms with Crippen molar-refractivity contribution in [2.24, 2.45) is 0 Å². The van der Waals surface area contributed by atoms with Crippen molar-refractivity contribution in [1.82, 2.24) is 4.90 Å². The maximum Gasteiger partial charge on any atom is 1.00 e. The predicted molar refractivity (Wildman–Crippen MR) is 123 cm³/mol. The first kappa shape index (κ1) is 32.6. The molecule has 0 saturated carbocycles. The van der Waals surface area contributed by atoms with E-state index in [9.17, 15) is 13.2 Å². The van der Waals surface area contributed by atoms with Gasteiger partial charge in [0.2, 0.25) is 5.91 Å². The minimum atomic E-state index is -4.00. The molecule has 0 atom stereocenters. The van der Waals surface area contributed by atoms with Crippen LogP contribution in [0.3, 0.4) is 0 Å². The van der Waals surface area contributed by atoms with E-state index in [1.807, 2.05) is 0 Å². The molecule has 0 aliphatic heterocycles. The summed E-state index contributed by atoms with van der Waals surface area (Å²) < 4.78 is 30.1. The third-order valence-electron chi connectivity index (χ3n) is 5.60. The van der Waals surface area contributed by atoms with Gasteiger partial charge in [0.05, 0.1) is 5.75 Å². The molecule has 0 aliphatic rings. The van der Waals surface area contributed by atoms with Gasteiger partial charge in [-0.05, 0) is 6.42 Å². The van der Waals surface area contributed by atoms with Crippen LogP contribution in [-0.4, -0.2) is 43.1 Å². The van der Waals surface area contributed by atoms with E-state index in [0.717, 1.165) is 12.8 Å². The fourth-order valence-corrected chi connectivity index (χ4v) is 4.07. The van der Waals surface area contributed by atoms with Crippen molar-refractivity contribution in [3.05, 3.63) is 0 Å². The normalized spacial score (nSPS) is 11.3. The standard InChI is InChI=1S/C23H47NO4S.Na/c1-3-4-5-6-7-8-9-10-11-12-13-14-15-16-17-18-19-20-23(25)24(2)21-22-29(26,27)28;/h3-22H2,1-2H3,(H,26,27,28);/q;+1. The Bertz CT molecular complexity index is 486. The zero-order chi connectivity index (χ0) is 21.8. The molecule has 0 rings (SSSR count). The Morgan fingerprint density at radius 3 is 1.37 bits per heavy atom. The smallest absolute Gasteiger partial charge is 0.345 e. The van der Waals surface area contributed by atoms with Gasteiger partial charge in [0.15, 0.2) is 0 Å². The summed E-state index contributed by atoms with van der Waals surface area (Å²) in [4.78, 5) is 13.3. The van der Waals surface area contributed by atoms with Gasteiger partial charge in [-0.2, -0.15) is 8.42 Å². The fraction of sp³-hybridized carbons (Fsp3) is 0.957. The first-order valence-electron chi connectivity index (χ1n) is 12.1. The second-order valence-electron chi connectivity index (χ2n) is 8.51. The van der Waals surface area contributed by atoms with Crippen molar-refractivity contribution >= 4 is 16.0 Å². The summed E-state index contributed by atoms with van der Waals surface area (Å²) in [6.45, 7) is 2.32. The van der Waals surface area contributed by atoms with Gasteiger partial charge in [0, 0.05) is 20.0 Å². The Morgan fingerprint density at radius 1 is 0.700 bits per heavy atom. The van der Waals surface area contributed by atoms with Crippen LogP contribution in [0.25, 0.3) is 0 Å². The van der Waals surface area contributed by atoms with Crippen LogP contribution in [0.1, 0.15) is 122 Å². The molecule has 174 valence electrons. The van der Waals surface area contributed by atoms with Gasteiger partial charge in [0.1, 0.15) is 0 Å². The van der Waals surface area contributed by atoms with Gasteiger partial charge in [-0.25, -0.2) is 0 Å². The number of nitrogens with zero attached hydrogens (tertiary/aromatic N) is 1. The number of hydrogen-bond acceptors (Lipinski definition) is 3. The Hall–Kier alpha value is 0.380. The Labute approximate surface area is 209 Å². The minimum absolute atomic E-state index is 0. The quantitative estimate of drug-likeness (QED) is 0.163. The van der Waals surface area contributed by atoms with Crippen LogP contribution >= 0.6 is 0 Å². The molecule has 0 fully saturated rings. The number of carbonyl (C=O) groups is 1. The molecule has 1 N–H and O–H groups in total. The molecular weight excluding hydrogens is 409 g/mol. The number of rotatable bonds is 21. The molecule has 0 saturated heterocycles. The zero-order valence-corrected chi connectivity index (χ0v) is 23.0. The van der Waals surface area contributed by atoms with Crippen LogP contribution in [0.2, 0.25) is 0 Å². The third-order valence-corrected chi connectivity index (χ3v) is 6.30. The molecule has 0 unspecified atom stereocenters. The molecular formula is C23H47NNaO4S+. The molecule has 7 heteroatoms. The number of amides is 1. The average Bonchev–Trinajstić information content (AvgIpc) is 2.67. The first-order valence-corrected chi connectivity index (χ1v) is 13.7. The predicted octanol–water partition coefficient (Wildman–Crippen LogP) is 3.38. The maximum absolute atomic E-state index is 11.9. The van der Waals surface area contributed by atoms with Crippen LogP contribution in [0.4, 0.5) is 0 Å². The van der Waals surface area contributed by atoms with Gasteiger partial charge < -0.3 is 4.90 Å². The van der Waals surface area contributed by atoms with Crippen molar-refractivity contribution in [2.45, 2.75) is 122 Å². The van der Waals surface area contributed by atoms with Gasteiger partial charge in [0.25, 0.3) is 10.1 Å². The van der Waals surface area contributed by atoms with Crippen molar-refractivity contribution < 1.29 is 47.3 Å². The van der Waals surface area contributed by atoms with E-state index in [-0.39, 0.29) is 42.0 Å². The molecule has 0 spiro atoms. The molecule has 1 amide bonds. The van der Waals surface area contributed by atoms with Crippen LogP contribution in [0.5, 0.6) is 0 Å². The van der Waals surface area contributed by atoms with Crippen LogP contribution in [0, 0.1) is 0 Å². The van der Waals surface area contributed by atoms with E-state index < -0.39 is 15.9 Å². The average molecular weight is 457 g/mol. The van der Waals surface area contributed by atoms with Crippen molar-refractivity contribution in [3.8, 4) is 0 Å². The third kappa shape index (κ3) is 24.6. The van der Waals surface area contributed by atoms with Gasteiger partial charge in [-0.3, -0.25) is 9.35 Å². The van der Waals surface area contributed by atoms with E-state index in [0.29, 0.717) is 6.42 Å². The van der Waals surface area contributed by atoms with E-state index >= 15 is 0 Å². The van der Waals surface area contributed by atoms with Crippen LogP contribution < -0.4 is 29.6 Å². The summed E-state index contributed by atoms with van der Waals surface area (Å²) in [5.41, 5.74) is 0. The summed E-state index contributed by atoms with van der Waals surface area (Å²) in [5, 5.41) is 0. The summed E-state index contributed by atoms with van der Waals surface area (Å²) in [7, 11) is -2.41. The molecule has 0 heterocycles. The maximum atomic E-state index is 11.9. The zero-order valence-electron chi connectivity index (χ0n) is 20.2. The van der Waals surface area contributed by atoms with E-state index in [1.165, 1.54) is 101 Å². The van der Waals surface area contributed by atoms with Gasteiger partial charge in [-0.15, -0.1) is 0 Å². The molecule has 30 heavy (non-hydrogen) atoms. The molecule has 0 aromatic heterocycles. The summed E-state index contributed by atoms with van der Waals surface area (Å²) in [5.74, 6) is -0.441. The Kier molecular flexibility index (Phi) is 24.5. The fourth-order valence-electron chi connectivity index (χ4n) is 3.57. The molecule has 0 bridgehead atoms. The molecule has 0 aromatic rings. The van der Waals surface area contributed by atoms with Crippen LogP contribution in [-0.2, 0) is 14.9 Å². The first-order chi connectivity index (χ1) is 13.9. The van der Waals surface area contributed by atoms with Gasteiger partial charge >= 0.3 is 29.6 Å². The molecule has 0 aliphatic carbocycles. The van der Waals surface area contributed by atoms with E-state index in [1.54, 1.807) is 7.05 Å². The number of carbonyl (C=O) groups excluding carboxylic acids is 1. The topological polar surface area (TPSA) is 74.7 Å². The van der Waals surface area contributed by atoms with Crippen molar-refractivity contribution in [1.29, 1.82) is 0 Å². The Morgan fingerprint density at radius 2 is 1.03 bits per heavy atom. The minimum Gasteiger partial charge on any atom is -0.345 e. The Balaban J connectivity index is 0. The summed E-state index contributed by atoms with van der Waals surface area (Å²) in [6.07, 6.45) is 22.7. The molecule has 0 aromatic carbocycles. The SMILES string of the molecule is CCCCCCCCCCCCCCCCCCCC(=O)N(C)CCS(=O)(=O)O.[Na+]. The molecule has 5 nitrogen and oxygen atoms in total. The van der Waals surface area contributed by atoms with Crippen molar-refractivity contribution in [3.63, 3.8) is 0 Å². The number of unbranched alkanes of at least 4 members (excludes halogenated alkanes) is 16. The second-order valence-corrected chi connectivity index (χ2v) is 10.1. The second kappa shape index (κ2) is 22.6. The monoisotopic (exact) mass is 456 g/mol. The van der Waals surface area contributed by atoms with Gasteiger partial charge in [-0.1, -0.05) is 110 Å². The summed E-state index contributed by atoms with van der Waals surface area (Å²) in [6, 6.07) is 0. The van der Waals surface area contributed by atoms with E-state index in [4.69, 9.17) is 4.55 Å². The van der Waals surface area contributed by atoms with Crippen molar-refractivity contribution in [2.75, 3.05) is 19.3 Å². The van der Waals surface area contributed by atoms with Crippen LogP contribution in [0.15, 0.2) is 0 Å². The molecule has 0 radical (unpaired) electrons. The summed E-state index contributed by atoms with van der Waals surface area (Å²) >= 11 is 0. The number of hydrogen-bond donors (Lipinski definition) is 1. The largest absolute Gasteiger partial charge is 1.00 e.